The van der Waals surface area contributed by atoms with Crippen LogP contribution in [-0.4, -0.2) is 74.1 Å². The van der Waals surface area contributed by atoms with Crippen molar-refractivity contribution in [3.05, 3.63) is 24.3 Å². The summed E-state index contributed by atoms with van der Waals surface area (Å²) in [7, 11) is 0. The number of aromatic nitrogens is 6. The quantitative estimate of drug-likeness (QED) is 0.182. The molecule has 2 aliphatic rings. The lowest BCUT2D eigenvalue weighted by Crippen LogP contribution is -2.30. The van der Waals surface area contributed by atoms with E-state index in [4.69, 9.17) is 5.84 Å². The molecule has 13 heteroatoms. The molecule has 3 aromatic rings. The van der Waals surface area contributed by atoms with E-state index >= 15 is 0 Å². The molecule has 8 N–H and O–H groups in total. The predicted molar refractivity (Wildman–Crippen MR) is 113 cm³/mol. The number of fused-ring (bicyclic) bond motifs is 1. The maximum absolute atomic E-state index is 10.8. The predicted octanol–water partition coefficient (Wildman–Crippen LogP) is -0.966. The molecule has 0 bridgehead atoms. The number of anilines is 2. The summed E-state index contributed by atoms with van der Waals surface area (Å²) in [6.07, 6.45) is 4.95. The van der Waals surface area contributed by atoms with Crippen LogP contribution in [0.15, 0.2) is 18.7 Å². The van der Waals surface area contributed by atoms with Gasteiger partial charge in [0.2, 0.25) is 5.95 Å². The van der Waals surface area contributed by atoms with E-state index < -0.39 is 30.4 Å². The van der Waals surface area contributed by atoms with Gasteiger partial charge in [-0.3, -0.25) is 10.1 Å². The first kappa shape index (κ1) is 21.0. The molecule has 5 rings (SSSR count). The standard InChI is InChI=1S/C19H27N9O4/c20-26-19-24-17(23-10-2-1-3-13(10)30)14-18(25-19)27(8-21-14)11-4-12(16(32)15(11)31)28-6-9(7-29)5-22-28/h5-6,8,10-13,15-16,29-32H,1-4,7,20H2,(H2,23,24,25,26)/t10-,11+,12-,13-,15-,16+/m0/s1. The van der Waals surface area contributed by atoms with E-state index in [-0.39, 0.29) is 18.6 Å². The lowest BCUT2D eigenvalue weighted by Gasteiger charge is -2.19. The third-order valence-corrected chi connectivity index (χ3v) is 6.51. The van der Waals surface area contributed by atoms with E-state index in [1.165, 1.54) is 6.20 Å². The first-order valence-corrected chi connectivity index (χ1v) is 10.7. The summed E-state index contributed by atoms with van der Waals surface area (Å²) in [6.45, 7) is -0.155. The second-order valence-electron chi connectivity index (χ2n) is 8.45. The number of imidazole rings is 1. The third kappa shape index (κ3) is 3.47. The number of hydrogen-bond donors (Lipinski definition) is 7. The van der Waals surface area contributed by atoms with Crippen molar-refractivity contribution < 1.29 is 20.4 Å². The van der Waals surface area contributed by atoms with Crippen LogP contribution in [0, 0.1) is 0 Å². The fourth-order valence-corrected chi connectivity index (χ4v) is 4.77. The van der Waals surface area contributed by atoms with E-state index in [1.807, 2.05) is 0 Å². The Hall–Kier alpha value is -2.84. The summed E-state index contributed by atoms with van der Waals surface area (Å²) in [5.74, 6) is 6.18. The largest absolute Gasteiger partial charge is 0.392 e. The van der Waals surface area contributed by atoms with Gasteiger partial charge < -0.3 is 30.3 Å². The monoisotopic (exact) mass is 445 g/mol. The van der Waals surface area contributed by atoms with E-state index in [0.717, 1.165) is 19.3 Å². The van der Waals surface area contributed by atoms with Crippen molar-refractivity contribution >= 4 is 22.9 Å². The Labute approximate surface area is 182 Å². The zero-order chi connectivity index (χ0) is 22.4. The van der Waals surface area contributed by atoms with Gasteiger partial charge in [0.25, 0.3) is 0 Å². The number of hydrazine groups is 1. The molecular weight excluding hydrogens is 418 g/mol. The van der Waals surface area contributed by atoms with Crippen LogP contribution in [0.4, 0.5) is 11.8 Å². The van der Waals surface area contributed by atoms with Gasteiger partial charge in [0.05, 0.1) is 43.4 Å². The minimum atomic E-state index is -1.09. The van der Waals surface area contributed by atoms with Crippen molar-refractivity contribution in [2.45, 2.75) is 68.7 Å². The third-order valence-electron chi connectivity index (χ3n) is 6.51. The number of nitrogens with zero attached hydrogens (tertiary/aromatic N) is 6. The number of aliphatic hydroxyl groups is 4. The molecule has 3 aromatic heterocycles. The van der Waals surface area contributed by atoms with E-state index in [2.05, 4.69) is 30.8 Å². The molecule has 2 fully saturated rings. The molecule has 0 saturated heterocycles. The van der Waals surface area contributed by atoms with E-state index in [0.29, 0.717) is 29.0 Å². The summed E-state index contributed by atoms with van der Waals surface area (Å²) in [6, 6.07) is -1.15. The van der Waals surface area contributed by atoms with Crippen molar-refractivity contribution in [1.29, 1.82) is 0 Å². The second kappa shape index (κ2) is 8.26. The minimum absolute atomic E-state index is 0.146. The van der Waals surface area contributed by atoms with Crippen molar-refractivity contribution in [2.75, 3.05) is 10.7 Å². The Morgan fingerprint density at radius 3 is 2.62 bits per heavy atom. The van der Waals surface area contributed by atoms with Crippen LogP contribution in [0.2, 0.25) is 0 Å². The Kier molecular flexibility index (Phi) is 5.43. The average Bonchev–Trinajstić information content (AvgIpc) is 3.57. The summed E-state index contributed by atoms with van der Waals surface area (Å²) in [5.41, 5.74) is 4.00. The molecule has 0 amide bonds. The Bertz CT molecular complexity index is 1100. The van der Waals surface area contributed by atoms with Gasteiger partial charge in [-0.05, 0) is 25.7 Å². The summed E-state index contributed by atoms with van der Waals surface area (Å²) < 4.78 is 3.27. The molecule has 6 atom stereocenters. The van der Waals surface area contributed by atoms with Crippen LogP contribution >= 0.6 is 0 Å². The highest BCUT2D eigenvalue weighted by atomic mass is 16.3. The van der Waals surface area contributed by atoms with Gasteiger partial charge in [-0.15, -0.1) is 0 Å². The maximum Gasteiger partial charge on any atom is 0.241 e. The molecule has 32 heavy (non-hydrogen) atoms. The highest BCUT2D eigenvalue weighted by molar-refractivity contribution is 5.84. The molecule has 172 valence electrons. The lowest BCUT2D eigenvalue weighted by atomic mass is 10.2. The van der Waals surface area contributed by atoms with Crippen LogP contribution in [0.5, 0.6) is 0 Å². The zero-order valence-electron chi connectivity index (χ0n) is 17.3. The number of rotatable bonds is 6. The van der Waals surface area contributed by atoms with Crippen molar-refractivity contribution in [3.8, 4) is 0 Å². The van der Waals surface area contributed by atoms with E-state index in [1.54, 1.807) is 21.8 Å². The summed E-state index contributed by atoms with van der Waals surface area (Å²) >= 11 is 0. The fraction of sp³-hybridized carbons (Fsp3) is 0.579. The Morgan fingerprint density at radius 1 is 1.12 bits per heavy atom. The normalized spacial score (nSPS) is 30.3. The van der Waals surface area contributed by atoms with Crippen LogP contribution in [0.3, 0.4) is 0 Å². The summed E-state index contributed by atoms with van der Waals surface area (Å²) in [4.78, 5) is 13.3. The molecule has 2 aliphatic carbocycles. The van der Waals surface area contributed by atoms with Crippen molar-refractivity contribution in [2.24, 2.45) is 5.84 Å². The molecule has 13 nitrogen and oxygen atoms in total. The number of nitrogens with one attached hydrogen (secondary N) is 2. The Morgan fingerprint density at radius 2 is 1.94 bits per heavy atom. The molecule has 0 radical (unpaired) electrons. The van der Waals surface area contributed by atoms with Gasteiger partial charge in [0.1, 0.15) is 12.2 Å². The van der Waals surface area contributed by atoms with Gasteiger partial charge in [-0.25, -0.2) is 10.8 Å². The smallest absolute Gasteiger partial charge is 0.241 e. The Balaban J connectivity index is 1.49. The SMILES string of the molecule is NNc1nc(N[C@H]2CCC[C@@H]2O)c2ncn([C@@H]3C[C@H](n4cc(CO)cn4)[C@@H](O)[C@H]3O)c2n1. The minimum Gasteiger partial charge on any atom is -0.392 e. The summed E-state index contributed by atoms with van der Waals surface area (Å²) in [5, 5.41) is 48.5. The van der Waals surface area contributed by atoms with Gasteiger partial charge in [0, 0.05) is 11.8 Å². The van der Waals surface area contributed by atoms with Crippen LogP contribution in [-0.2, 0) is 6.61 Å². The lowest BCUT2D eigenvalue weighted by molar-refractivity contribution is 0.00720. The molecular formula is C19H27N9O4. The van der Waals surface area contributed by atoms with Crippen LogP contribution < -0.4 is 16.6 Å². The second-order valence-corrected chi connectivity index (χ2v) is 8.45. The number of nitrogens with two attached hydrogens (primary N) is 1. The molecule has 2 saturated carbocycles. The average molecular weight is 445 g/mol. The number of nitrogen functional groups attached to an aromatic ring is 1. The molecule has 3 heterocycles. The molecule has 0 aromatic carbocycles. The van der Waals surface area contributed by atoms with Crippen LogP contribution in [0.1, 0.15) is 43.3 Å². The molecule has 0 spiro atoms. The zero-order valence-corrected chi connectivity index (χ0v) is 17.3. The highest BCUT2D eigenvalue weighted by Crippen LogP contribution is 2.40. The van der Waals surface area contributed by atoms with Gasteiger partial charge >= 0.3 is 0 Å². The van der Waals surface area contributed by atoms with Crippen LogP contribution in [0.25, 0.3) is 11.2 Å². The topological polar surface area (TPSA) is 192 Å². The first-order chi connectivity index (χ1) is 15.5. The van der Waals surface area contributed by atoms with Gasteiger partial charge in [-0.2, -0.15) is 15.1 Å². The number of aliphatic hydroxyl groups excluding tert-OH is 4. The molecule has 0 aliphatic heterocycles. The van der Waals surface area contributed by atoms with Gasteiger partial charge in [-0.1, -0.05) is 0 Å². The fourth-order valence-electron chi connectivity index (χ4n) is 4.77. The highest BCUT2D eigenvalue weighted by Gasteiger charge is 2.44. The number of hydrogen-bond acceptors (Lipinski definition) is 11. The molecule has 0 unspecified atom stereocenters. The first-order valence-electron chi connectivity index (χ1n) is 10.7. The van der Waals surface area contributed by atoms with Crippen molar-refractivity contribution in [3.63, 3.8) is 0 Å². The van der Waals surface area contributed by atoms with Crippen molar-refractivity contribution in [1.82, 2.24) is 29.3 Å². The van der Waals surface area contributed by atoms with E-state index in [9.17, 15) is 20.4 Å². The van der Waals surface area contributed by atoms with Gasteiger partial charge in [0.15, 0.2) is 17.0 Å². The maximum atomic E-state index is 10.8.